The topological polar surface area (TPSA) is 55.4 Å². The van der Waals surface area contributed by atoms with Crippen LogP contribution in [-0.4, -0.2) is 27.1 Å². The summed E-state index contributed by atoms with van der Waals surface area (Å²) in [6, 6.07) is 18.5. The van der Waals surface area contributed by atoms with Crippen LogP contribution in [0.25, 0.3) is 0 Å². The molecule has 8 heteroatoms. The van der Waals surface area contributed by atoms with Crippen molar-refractivity contribution in [1.82, 2.24) is 4.72 Å². The summed E-state index contributed by atoms with van der Waals surface area (Å²) in [4.78, 5) is 0. The largest absolute Gasteiger partial charge is 0.511 e. The Morgan fingerprint density at radius 2 is 1.46 bits per heavy atom. The molecule has 0 aliphatic carbocycles. The zero-order chi connectivity index (χ0) is 19.0. The van der Waals surface area contributed by atoms with Crippen molar-refractivity contribution in [1.29, 1.82) is 0 Å². The Morgan fingerprint density at radius 1 is 0.923 bits per heavy atom. The van der Waals surface area contributed by atoms with Gasteiger partial charge in [0.15, 0.2) is 0 Å². The maximum atomic E-state index is 12.5. The number of hydrogen-bond donors (Lipinski definition) is 1. The summed E-state index contributed by atoms with van der Waals surface area (Å²) < 4.78 is 67.2. The Hall–Kier alpha value is -1.90. The first-order valence-corrected chi connectivity index (χ1v) is 9.48. The minimum atomic E-state index is -5.37. The quantitative estimate of drug-likeness (QED) is 0.717. The molecule has 0 fully saturated rings. The molecular weight excluding hydrogens is 367 g/mol. The number of sulfonamides is 1. The van der Waals surface area contributed by atoms with Crippen LogP contribution in [-0.2, 0) is 27.8 Å². The van der Waals surface area contributed by atoms with E-state index in [0.717, 1.165) is 11.1 Å². The lowest BCUT2D eigenvalue weighted by Gasteiger charge is -2.19. The second kappa shape index (κ2) is 9.16. The molecule has 2 aromatic carbocycles. The van der Waals surface area contributed by atoms with Gasteiger partial charge in [0.2, 0.25) is 0 Å². The number of halogens is 3. The molecule has 2 aromatic rings. The van der Waals surface area contributed by atoms with Gasteiger partial charge < -0.3 is 4.74 Å². The number of alkyl halides is 3. The third-order valence-electron chi connectivity index (χ3n) is 3.70. The molecule has 0 aromatic heterocycles. The zero-order valence-electron chi connectivity index (χ0n) is 13.9. The molecule has 0 saturated carbocycles. The van der Waals surface area contributed by atoms with Crippen LogP contribution in [0.2, 0.25) is 0 Å². The predicted molar refractivity (Wildman–Crippen MR) is 92.7 cm³/mol. The molecule has 0 amide bonds. The van der Waals surface area contributed by atoms with Crippen LogP contribution in [0.1, 0.15) is 11.1 Å². The van der Waals surface area contributed by atoms with Crippen molar-refractivity contribution in [2.75, 3.05) is 13.2 Å². The van der Waals surface area contributed by atoms with Gasteiger partial charge in [0, 0.05) is 6.54 Å². The highest BCUT2D eigenvalue weighted by Gasteiger charge is 2.45. The van der Waals surface area contributed by atoms with Crippen LogP contribution in [0.5, 0.6) is 0 Å². The molecule has 0 saturated heterocycles. The van der Waals surface area contributed by atoms with Crippen LogP contribution in [0, 0.1) is 5.92 Å². The Kier molecular flexibility index (Phi) is 7.19. The average molecular weight is 387 g/mol. The molecule has 4 nitrogen and oxygen atoms in total. The van der Waals surface area contributed by atoms with E-state index in [9.17, 15) is 21.6 Å². The lowest BCUT2D eigenvalue weighted by Crippen LogP contribution is -2.40. The molecule has 1 unspecified atom stereocenters. The fourth-order valence-corrected chi connectivity index (χ4v) is 2.98. The maximum Gasteiger partial charge on any atom is 0.511 e. The third kappa shape index (κ3) is 6.44. The molecule has 0 spiro atoms. The number of benzene rings is 2. The van der Waals surface area contributed by atoms with Crippen molar-refractivity contribution in [3.8, 4) is 0 Å². The Bertz CT molecular complexity index is 765. The van der Waals surface area contributed by atoms with E-state index < -0.39 is 21.4 Å². The molecule has 1 atom stereocenters. The van der Waals surface area contributed by atoms with Crippen LogP contribution in [0.3, 0.4) is 0 Å². The van der Waals surface area contributed by atoms with Gasteiger partial charge in [-0.1, -0.05) is 60.7 Å². The lowest BCUT2D eigenvalue weighted by atomic mass is 10.0. The van der Waals surface area contributed by atoms with Gasteiger partial charge in [0.05, 0.1) is 13.2 Å². The molecule has 0 radical (unpaired) electrons. The van der Waals surface area contributed by atoms with E-state index in [1.54, 1.807) is 4.72 Å². The summed E-state index contributed by atoms with van der Waals surface area (Å²) in [5.74, 6) is -0.432. The first-order chi connectivity index (χ1) is 12.3. The van der Waals surface area contributed by atoms with E-state index in [1.807, 2.05) is 60.7 Å². The van der Waals surface area contributed by atoms with Crippen LogP contribution >= 0.6 is 0 Å². The summed E-state index contributed by atoms with van der Waals surface area (Å²) in [7, 11) is -5.37. The van der Waals surface area contributed by atoms with Crippen LogP contribution in [0.15, 0.2) is 60.7 Å². The lowest BCUT2D eigenvalue weighted by molar-refractivity contribution is -0.0449. The van der Waals surface area contributed by atoms with Gasteiger partial charge in [-0.3, -0.25) is 0 Å². The maximum absolute atomic E-state index is 12.5. The van der Waals surface area contributed by atoms with E-state index in [-0.39, 0.29) is 13.2 Å². The standard InChI is InChI=1S/C18H20F3NO3S/c19-18(20,21)26(23,24)22-12-17(11-15-7-3-1-4-8-15)14-25-13-16-9-5-2-6-10-16/h1-10,17,22H,11-14H2. The van der Waals surface area contributed by atoms with E-state index in [1.165, 1.54) is 0 Å². The van der Waals surface area contributed by atoms with Gasteiger partial charge in [-0.25, -0.2) is 13.1 Å². The minimum Gasteiger partial charge on any atom is -0.376 e. The number of hydrogen-bond acceptors (Lipinski definition) is 3. The van der Waals surface area contributed by atoms with Crippen molar-refractivity contribution in [2.45, 2.75) is 18.5 Å². The normalized spacial score (nSPS) is 13.5. The monoisotopic (exact) mass is 387 g/mol. The van der Waals surface area contributed by atoms with E-state index in [4.69, 9.17) is 4.74 Å². The fourth-order valence-electron chi connectivity index (χ4n) is 2.36. The molecule has 0 bridgehead atoms. The van der Waals surface area contributed by atoms with Gasteiger partial charge in [0.25, 0.3) is 0 Å². The van der Waals surface area contributed by atoms with Crippen molar-refractivity contribution < 1.29 is 26.3 Å². The van der Waals surface area contributed by atoms with E-state index in [0.29, 0.717) is 13.0 Å². The second-order valence-corrected chi connectivity index (χ2v) is 7.61. The molecule has 2 rings (SSSR count). The molecule has 0 heterocycles. The SMILES string of the molecule is O=S(=O)(NCC(COCc1ccccc1)Cc1ccccc1)C(F)(F)F. The molecule has 142 valence electrons. The summed E-state index contributed by atoms with van der Waals surface area (Å²) in [6.07, 6.45) is 0.399. The van der Waals surface area contributed by atoms with E-state index in [2.05, 4.69) is 0 Å². The van der Waals surface area contributed by atoms with Gasteiger partial charge >= 0.3 is 15.5 Å². The van der Waals surface area contributed by atoms with Gasteiger partial charge in [-0.2, -0.15) is 13.2 Å². The Labute approximate surface area is 151 Å². The van der Waals surface area contributed by atoms with Gasteiger partial charge in [-0.15, -0.1) is 0 Å². The summed E-state index contributed by atoms with van der Waals surface area (Å²) in [5.41, 5.74) is -3.50. The minimum absolute atomic E-state index is 0.129. The van der Waals surface area contributed by atoms with Crippen molar-refractivity contribution >= 4 is 10.0 Å². The highest BCUT2D eigenvalue weighted by atomic mass is 32.2. The molecule has 0 aliphatic heterocycles. The average Bonchev–Trinajstić information content (AvgIpc) is 2.60. The predicted octanol–water partition coefficient (Wildman–Crippen LogP) is 3.50. The molecule has 1 N–H and O–H groups in total. The van der Waals surface area contributed by atoms with Gasteiger partial charge in [0.1, 0.15) is 0 Å². The van der Waals surface area contributed by atoms with Crippen molar-refractivity contribution in [2.24, 2.45) is 5.92 Å². The Balaban J connectivity index is 1.97. The van der Waals surface area contributed by atoms with Crippen molar-refractivity contribution in [3.05, 3.63) is 71.8 Å². The van der Waals surface area contributed by atoms with Crippen LogP contribution < -0.4 is 4.72 Å². The first-order valence-electron chi connectivity index (χ1n) is 7.99. The zero-order valence-corrected chi connectivity index (χ0v) is 14.8. The van der Waals surface area contributed by atoms with Crippen LogP contribution in [0.4, 0.5) is 13.2 Å². The number of ether oxygens (including phenoxy) is 1. The summed E-state index contributed by atoms with van der Waals surface area (Å²) in [6.45, 7) is 0.0772. The highest BCUT2D eigenvalue weighted by molar-refractivity contribution is 7.90. The fraction of sp³-hybridized carbons (Fsp3) is 0.333. The summed E-state index contributed by atoms with van der Waals surface area (Å²) in [5, 5.41) is 0. The molecule has 26 heavy (non-hydrogen) atoms. The number of nitrogens with one attached hydrogen (secondary N) is 1. The smallest absolute Gasteiger partial charge is 0.376 e. The highest BCUT2D eigenvalue weighted by Crippen LogP contribution is 2.22. The summed E-state index contributed by atoms with van der Waals surface area (Å²) >= 11 is 0. The Morgan fingerprint density at radius 3 is 2.00 bits per heavy atom. The molecular formula is C18H20F3NO3S. The first kappa shape index (κ1) is 20.4. The number of rotatable bonds is 9. The molecule has 0 aliphatic rings. The van der Waals surface area contributed by atoms with Crippen molar-refractivity contribution in [3.63, 3.8) is 0 Å². The van der Waals surface area contributed by atoms with Gasteiger partial charge in [-0.05, 0) is 23.5 Å². The van der Waals surface area contributed by atoms with E-state index >= 15 is 0 Å². The third-order valence-corrected chi connectivity index (χ3v) is 4.86. The second-order valence-electron chi connectivity index (χ2n) is 5.85.